The fourth-order valence-corrected chi connectivity index (χ4v) is 5.36. The van der Waals surface area contributed by atoms with Gasteiger partial charge in [-0.1, -0.05) is 25.0 Å². The zero-order chi connectivity index (χ0) is 18.7. The summed E-state index contributed by atoms with van der Waals surface area (Å²) in [5, 5.41) is 1.64. The molecular formula is C19H24N2O3S2. The van der Waals surface area contributed by atoms with Crippen LogP contribution in [0.4, 0.5) is 5.69 Å². The molecule has 26 heavy (non-hydrogen) atoms. The van der Waals surface area contributed by atoms with Crippen LogP contribution in [0.5, 0.6) is 0 Å². The van der Waals surface area contributed by atoms with Gasteiger partial charge in [-0.25, -0.2) is 8.42 Å². The molecule has 1 fully saturated rings. The molecule has 7 heteroatoms. The minimum Gasteiger partial charge on any atom is -0.339 e. The van der Waals surface area contributed by atoms with Gasteiger partial charge in [0.2, 0.25) is 0 Å². The van der Waals surface area contributed by atoms with Crippen LogP contribution in [-0.4, -0.2) is 32.3 Å². The third-order valence-corrected chi connectivity index (χ3v) is 7.63. The number of carbonyl (C=O) groups is 1. The Bertz CT molecular complexity index is 895. The molecule has 0 spiro atoms. The van der Waals surface area contributed by atoms with Crippen molar-refractivity contribution in [1.29, 1.82) is 0 Å². The van der Waals surface area contributed by atoms with Gasteiger partial charge in [-0.05, 0) is 49.9 Å². The number of hydrogen-bond donors (Lipinski definition) is 1. The predicted octanol–water partition coefficient (Wildman–Crippen LogP) is 4.18. The van der Waals surface area contributed by atoms with E-state index in [1.165, 1.54) is 6.07 Å². The van der Waals surface area contributed by atoms with E-state index >= 15 is 0 Å². The molecule has 0 unspecified atom stereocenters. The van der Waals surface area contributed by atoms with Gasteiger partial charge in [0.15, 0.2) is 0 Å². The van der Waals surface area contributed by atoms with E-state index in [4.69, 9.17) is 0 Å². The molecule has 2 heterocycles. The van der Waals surface area contributed by atoms with Crippen LogP contribution >= 0.6 is 11.3 Å². The number of sulfonamides is 1. The van der Waals surface area contributed by atoms with Crippen LogP contribution in [0, 0.1) is 13.8 Å². The Morgan fingerprint density at radius 2 is 1.81 bits per heavy atom. The zero-order valence-corrected chi connectivity index (χ0v) is 16.8. The lowest BCUT2D eigenvalue weighted by molar-refractivity contribution is 0.0762. The standard InChI is InChI=1S/C19H24N2O3S2/c1-14-8-7-9-17(15(14)2)20-26(23,24)18-12-16(13-25-18)19(22)21-10-5-3-4-6-11-21/h7-9,12-13,20H,3-6,10-11H2,1-2H3. The Morgan fingerprint density at radius 3 is 2.50 bits per heavy atom. The summed E-state index contributed by atoms with van der Waals surface area (Å²) < 4.78 is 28.2. The molecule has 1 aromatic carbocycles. The highest BCUT2D eigenvalue weighted by molar-refractivity contribution is 7.94. The van der Waals surface area contributed by atoms with E-state index in [1.54, 1.807) is 11.4 Å². The molecule has 1 aromatic heterocycles. The lowest BCUT2D eigenvalue weighted by atomic mass is 10.1. The highest BCUT2D eigenvalue weighted by Gasteiger charge is 2.23. The first-order valence-electron chi connectivity index (χ1n) is 8.85. The van der Waals surface area contributed by atoms with Gasteiger partial charge >= 0.3 is 0 Å². The number of aryl methyl sites for hydroxylation is 1. The van der Waals surface area contributed by atoms with Crippen molar-refractivity contribution in [2.75, 3.05) is 17.8 Å². The Hall–Kier alpha value is -1.86. The van der Waals surface area contributed by atoms with E-state index in [0.29, 0.717) is 11.3 Å². The van der Waals surface area contributed by atoms with E-state index in [1.807, 2.05) is 30.9 Å². The van der Waals surface area contributed by atoms with Gasteiger partial charge < -0.3 is 4.90 Å². The minimum absolute atomic E-state index is 0.0728. The molecule has 0 atom stereocenters. The molecule has 0 bridgehead atoms. The van der Waals surface area contributed by atoms with E-state index in [-0.39, 0.29) is 10.1 Å². The van der Waals surface area contributed by atoms with Gasteiger partial charge in [-0.3, -0.25) is 9.52 Å². The van der Waals surface area contributed by atoms with Crippen molar-refractivity contribution in [2.45, 2.75) is 43.7 Å². The van der Waals surface area contributed by atoms with Crippen LogP contribution in [0.15, 0.2) is 33.9 Å². The number of hydrogen-bond acceptors (Lipinski definition) is 4. The largest absolute Gasteiger partial charge is 0.339 e. The third-order valence-electron chi connectivity index (χ3n) is 4.83. The van der Waals surface area contributed by atoms with Crippen molar-refractivity contribution in [3.63, 3.8) is 0 Å². The summed E-state index contributed by atoms with van der Waals surface area (Å²) in [6, 6.07) is 7.00. The molecule has 1 saturated heterocycles. The molecule has 3 rings (SSSR count). The van der Waals surface area contributed by atoms with Gasteiger partial charge in [-0.2, -0.15) is 0 Å². The van der Waals surface area contributed by atoms with Crippen LogP contribution in [0.1, 0.15) is 47.2 Å². The lowest BCUT2D eigenvalue weighted by Crippen LogP contribution is -2.31. The number of thiophene rings is 1. The Kier molecular flexibility index (Phi) is 5.67. The second-order valence-corrected chi connectivity index (χ2v) is 9.53. The first-order valence-corrected chi connectivity index (χ1v) is 11.2. The van der Waals surface area contributed by atoms with Crippen molar-refractivity contribution in [3.05, 3.63) is 46.3 Å². The quantitative estimate of drug-likeness (QED) is 0.849. The van der Waals surface area contributed by atoms with Crippen LogP contribution in [0.3, 0.4) is 0 Å². The smallest absolute Gasteiger partial charge is 0.271 e. The summed E-state index contributed by atoms with van der Waals surface area (Å²) >= 11 is 1.09. The monoisotopic (exact) mass is 392 g/mol. The summed E-state index contributed by atoms with van der Waals surface area (Å²) in [4.78, 5) is 14.5. The second kappa shape index (κ2) is 7.80. The van der Waals surface area contributed by atoms with Crippen LogP contribution in [0.25, 0.3) is 0 Å². The van der Waals surface area contributed by atoms with Gasteiger partial charge in [0, 0.05) is 18.5 Å². The maximum absolute atomic E-state index is 12.7. The van der Waals surface area contributed by atoms with E-state index in [9.17, 15) is 13.2 Å². The number of carbonyl (C=O) groups excluding carboxylic acids is 1. The molecule has 2 aromatic rings. The maximum atomic E-state index is 12.7. The van der Waals surface area contributed by atoms with E-state index < -0.39 is 10.0 Å². The van der Waals surface area contributed by atoms with Crippen molar-refractivity contribution in [3.8, 4) is 0 Å². The van der Waals surface area contributed by atoms with Gasteiger partial charge in [0.25, 0.3) is 15.9 Å². The van der Waals surface area contributed by atoms with E-state index in [2.05, 4.69) is 4.72 Å². The normalized spacial score (nSPS) is 15.5. The summed E-state index contributed by atoms with van der Waals surface area (Å²) in [6.45, 7) is 5.32. The van der Waals surface area contributed by atoms with Crippen molar-refractivity contribution in [1.82, 2.24) is 4.90 Å². The molecule has 0 radical (unpaired) electrons. The molecule has 0 aliphatic carbocycles. The molecule has 0 saturated carbocycles. The molecule has 140 valence electrons. The topological polar surface area (TPSA) is 66.5 Å². The number of anilines is 1. The number of benzene rings is 1. The van der Waals surface area contributed by atoms with Crippen molar-refractivity contribution in [2.24, 2.45) is 0 Å². The number of nitrogens with one attached hydrogen (secondary N) is 1. The molecular weight excluding hydrogens is 368 g/mol. The average molecular weight is 393 g/mol. The van der Waals surface area contributed by atoms with E-state index in [0.717, 1.165) is 61.2 Å². The summed E-state index contributed by atoms with van der Waals surface area (Å²) in [7, 11) is -3.71. The highest BCUT2D eigenvalue weighted by atomic mass is 32.2. The molecule has 1 aliphatic heterocycles. The number of likely N-dealkylation sites (tertiary alicyclic amines) is 1. The summed E-state index contributed by atoms with van der Waals surface area (Å²) in [5.74, 6) is -0.0728. The summed E-state index contributed by atoms with van der Waals surface area (Å²) in [6.07, 6.45) is 4.31. The first-order chi connectivity index (χ1) is 12.4. The first kappa shape index (κ1) is 18.9. The molecule has 1 amide bonds. The number of amides is 1. The van der Waals surface area contributed by atoms with Gasteiger partial charge in [0.05, 0.1) is 11.3 Å². The molecule has 1 aliphatic rings. The lowest BCUT2D eigenvalue weighted by Gasteiger charge is -2.19. The van der Waals surface area contributed by atoms with Crippen LogP contribution < -0.4 is 4.72 Å². The number of rotatable bonds is 4. The Balaban J connectivity index is 1.79. The average Bonchev–Trinajstić information content (AvgIpc) is 2.96. The Labute approximate surface area is 159 Å². The van der Waals surface area contributed by atoms with Crippen molar-refractivity contribution < 1.29 is 13.2 Å². The number of nitrogens with zero attached hydrogens (tertiary/aromatic N) is 1. The minimum atomic E-state index is -3.71. The van der Waals surface area contributed by atoms with Gasteiger partial charge in [-0.15, -0.1) is 11.3 Å². The van der Waals surface area contributed by atoms with Crippen molar-refractivity contribution >= 4 is 33.0 Å². The SMILES string of the molecule is Cc1cccc(NS(=O)(=O)c2cc(C(=O)N3CCCCCC3)cs2)c1C. The molecule has 5 nitrogen and oxygen atoms in total. The van der Waals surface area contributed by atoms with Crippen LogP contribution in [-0.2, 0) is 10.0 Å². The predicted molar refractivity (Wildman–Crippen MR) is 105 cm³/mol. The zero-order valence-electron chi connectivity index (χ0n) is 15.1. The fraction of sp³-hybridized carbons (Fsp3) is 0.421. The third kappa shape index (κ3) is 4.10. The Morgan fingerprint density at radius 1 is 1.12 bits per heavy atom. The highest BCUT2D eigenvalue weighted by Crippen LogP contribution is 2.26. The maximum Gasteiger partial charge on any atom is 0.271 e. The summed E-state index contributed by atoms with van der Waals surface area (Å²) in [5.41, 5.74) is 2.94. The fourth-order valence-electron chi connectivity index (χ4n) is 3.08. The van der Waals surface area contributed by atoms with Gasteiger partial charge in [0.1, 0.15) is 4.21 Å². The van der Waals surface area contributed by atoms with Crippen LogP contribution in [0.2, 0.25) is 0 Å². The molecule has 1 N–H and O–H groups in total. The second-order valence-electron chi connectivity index (χ2n) is 6.71.